The molecule has 0 aromatic heterocycles. The minimum absolute atomic E-state index is 0.00136. The van der Waals surface area contributed by atoms with Crippen LogP contribution in [0.2, 0.25) is 0 Å². The molecular formula is C34H38N2O6. The van der Waals surface area contributed by atoms with Crippen LogP contribution in [0.3, 0.4) is 0 Å². The van der Waals surface area contributed by atoms with Crippen molar-refractivity contribution in [1.29, 1.82) is 0 Å². The Morgan fingerprint density at radius 1 is 0.881 bits per heavy atom. The lowest BCUT2D eigenvalue weighted by Gasteiger charge is -2.43. The van der Waals surface area contributed by atoms with E-state index in [1.54, 1.807) is 31.4 Å². The number of amides is 2. The summed E-state index contributed by atoms with van der Waals surface area (Å²) in [5.74, 6) is -0.434. The van der Waals surface area contributed by atoms with E-state index in [0.29, 0.717) is 23.8 Å². The summed E-state index contributed by atoms with van der Waals surface area (Å²) in [4.78, 5) is 29.5. The second-order valence-corrected chi connectivity index (χ2v) is 11.6. The smallest absolute Gasteiger partial charge is 0.261 e. The Labute approximate surface area is 246 Å². The van der Waals surface area contributed by atoms with Gasteiger partial charge in [-0.2, -0.15) is 0 Å². The van der Waals surface area contributed by atoms with Crippen LogP contribution in [0.1, 0.15) is 75.1 Å². The minimum atomic E-state index is -0.578. The first-order valence-electron chi connectivity index (χ1n) is 14.7. The molecule has 1 N–H and O–H groups in total. The van der Waals surface area contributed by atoms with Crippen molar-refractivity contribution < 1.29 is 28.9 Å². The third kappa shape index (κ3) is 5.65. The van der Waals surface area contributed by atoms with Crippen molar-refractivity contribution in [3.8, 4) is 0 Å². The fourth-order valence-electron chi connectivity index (χ4n) is 6.42. The molecule has 3 heterocycles. The number of likely N-dealkylation sites (tertiary alicyclic amines) is 1. The van der Waals surface area contributed by atoms with E-state index >= 15 is 0 Å². The van der Waals surface area contributed by atoms with Gasteiger partial charge in [-0.1, -0.05) is 67.6 Å². The summed E-state index contributed by atoms with van der Waals surface area (Å²) in [5.41, 5.74) is 4.54. The zero-order chi connectivity index (χ0) is 29.2. The maximum atomic E-state index is 12.8. The molecule has 0 spiro atoms. The molecule has 2 fully saturated rings. The highest BCUT2D eigenvalue weighted by Gasteiger charge is 2.41. The molecule has 220 valence electrons. The van der Waals surface area contributed by atoms with Crippen LogP contribution in [0.15, 0.2) is 72.8 Å². The Hall–Kier alpha value is -3.40. The van der Waals surface area contributed by atoms with Crippen LogP contribution in [0, 0.1) is 5.92 Å². The summed E-state index contributed by atoms with van der Waals surface area (Å²) < 4.78 is 18.8. The first-order valence-corrected chi connectivity index (χ1v) is 14.7. The van der Waals surface area contributed by atoms with E-state index in [9.17, 15) is 14.7 Å². The number of benzene rings is 3. The van der Waals surface area contributed by atoms with Crippen LogP contribution >= 0.6 is 0 Å². The zero-order valence-electron chi connectivity index (χ0n) is 24.1. The van der Waals surface area contributed by atoms with E-state index in [1.807, 2.05) is 48.5 Å². The molecule has 6 rings (SSSR count). The first-order chi connectivity index (χ1) is 20.5. The summed E-state index contributed by atoms with van der Waals surface area (Å²) in [6.07, 6.45) is 1.43. The number of fused-ring (bicyclic) bond motifs is 1. The number of carbonyl (C=O) groups is 2. The Morgan fingerprint density at radius 2 is 1.52 bits per heavy atom. The van der Waals surface area contributed by atoms with Gasteiger partial charge >= 0.3 is 0 Å². The molecule has 2 saturated heterocycles. The average Bonchev–Trinajstić information content (AvgIpc) is 3.56. The molecule has 5 atom stereocenters. The van der Waals surface area contributed by atoms with Crippen molar-refractivity contribution in [1.82, 2.24) is 9.80 Å². The Morgan fingerprint density at radius 3 is 2.17 bits per heavy atom. The van der Waals surface area contributed by atoms with E-state index in [1.165, 1.54) is 4.90 Å². The van der Waals surface area contributed by atoms with Gasteiger partial charge in [-0.3, -0.25) is 19.4 Å². The standard InChI is InChI=1S/C34H38N2O6/c1-22-30(19-35-17-5-6-27(35)21-40-2)41-34(42-31(22)25-13-11-24(20-37)12-14-25)26-15-9-23(10-16-26)18-36-32(38)28-7-3-4-8-29(28)33(36)39/h3-4,7-16,22,27,30-31,34,37H,5-6,17-21H2,1-2H3/t22-,27+,30+,31+,34+/m1/s1. The first kappa shape index (κ1) is 28.7. The minimum Gasteiger partial charge on any atom is -0.392 e. The lowest BCUT2D eigenvalue weighted by Crippen LogP contribution is -2.46. The van der Waals surface area contributed by atoms with Gasteiger partial charge in [0.15, 0.2) is 6.29 Å². The van der Waals surface area contributed by atoms with Gasteiger partial charge in [-0.15, -0.1) is 0 Å². The average molecular weight is 571 g/mol. The second kappa shape index (κ2) is 12.5. The van der Waals surface area contributed by atoms with Crippen molar-refractivity contribution in [2.24, 2.45) is 5.92 Å². The molecule has 0 aliphatic carbocycles. The molecular weight excluding hydrogens is 532 g/mol. The molecule has 0 radical (unpaired) electrons. The van der Waals surface area contributed by atoms with Gasteiger partial charge in [0, 0.05) is 31.2 Å². The van der Waals surface area contributed by atoms with Crippen LogP contribution in [0.4, 0.5) is 0 Å². The van der Waals surface area contributed by atoms with Crippen molar-refractivity contribution in [2.45, 2.75) is 57.5 Å². The van der Waals surface area contributed by atoms with Crippen LogP contribution in [0.5, 0.6) is 0 Å². The number of imide groups is 1. The summed E-state index contributed by atoms with van der Waals surface area (Å²) in [6, 6.07) is 23.0. The van der Waals surface area contributed by atoms with Crippen LogP contribution < -0.4 is 0 Å². The van der Waals surface area contributed by atoms with Gasteiger partial charge in [-0.05, 0) is 48.2 Å². The second-order valence-electron chi connectivity index (χ2n) is 11.6. The topological polar surface area (TPSA) is 88.5 Å². The highest BCUT2D eigenvalue weighted by molar-refractivity contribution is 6.21. The molecule has 3 aliphatic heterocycles. The lowest BCUT2D eigenvalue weighted by atomic mass is 9.90. The van der Waals surface area contributed by atoms with Crippen molar-refractivity contribution >= 4 is 11.8 Å². The number of aliphatic hydroxyl groups is 1. The molecule has 8 heteroatoms. The summed E-state index contributed by atoms with van der Waals surface area (Å²) in [7, 11) is 1.75. The molecule has 3 aromatic rings. The van der Waals surface area contributed by atoms with Gasteiger partial charge in [-0.25, -0.2) is 0 Å². The number of aliphatic hydroxyl groups excluding tert-OH is 1. The Bertz CT molecular complexity index is 1370. The predicted molar refractivity (Wildman–Crippen MR) is 157 cm³/mol. The van der Waals surface area contributed by atoms with Gasteiger partial charge in [0.25, 0.3) is 11.8 Å². The molecule has 0 bridgehead atoms. The monoisotopic (exact) mass is 570 g/mol. The zero-order valence-corrected chi connectivity index (χ0v) is 24.1. The number of methoxy groups -OCH3 is 1. The van der Waals surface area contributed by atoms with Gasteiger partial charge in [0.1, 0.15) is 0 Å². The van der Waals surface area contributed by atoms with Crippen LogP contribution in [-0.4, -0.2) is 65.7 Å². The maximum absolute atomic E-state index is 12.8. The summed E-state index contributed by atoms with van der Waals surface area (Å²) in [6.45, 7) is 4.90. The summed E-state index contributed by atoms with van der Waals surface area (Å²) in [5, 5.41) is 9.53. The van der Waals surface area contributed by atoms with Crippen LogP contribution in [-0.2, 0) is 27.4 Å². The van der Waals surface area contributed by atoms with E-state index in [0.717, 1.165) is 48.2 Å². The van der Waals surface area contributed by atoms with E-state index in [4.69, 9.17) is 14.2 Å². The SMILES string of the molecule is COC[C@@H]1CCCN1C[C@@H]1O[C@H](c2ccc(CN3C(=O)c4ccccc4C3=O)cc2)O[C@H](c2ccc(CO)cc2)[C@@H]1C. The molecule has 3 aliphatic rings. The van der Waals surface area contributed by atoms with E-state index in [-0.39, 0.29) is 43.1 Å². The molecule has 3 aromatic carbocycles. The highest BCUT2D eigenvalue weighted by atomic mass is 16.7. The third-order valence-corrected chi connectivity index (χ3v) is 8.87. The fraction of sp³-hybridized carbons (Fsp3) is 0.412. The normalized spacial score (nSPS) is 26.2. The predicted octanol–water partition coefficient (Wildman–Crippen LogP) is 4.88. The van der Waals surface area contributed by atoms with E-state index in [2.05, 4.69) is 11.8 Å². The quantitative estimate of drug-likeness (QED) is 0.367. The molecule has 0 unspecified atom stereocenters. The number of ether oxygens (including phenoxy) is 3. The van der Waals surface area contributed by atoms with Gasteiger partial charge < -0.3 is 19.3 Å². The number of carbonyl (C=O) groups excluding carboxylic acids is 2. The van der Waals surface area contributed by atoms with Crippen molar-refractivity contribution in [2.75, 3.05) is 26.8 Å². The molecule has 42 heavy (non-hydrogen) atoms. The largest absolute Gasteiger partial charge is 0.392 e. The van der Waals surface area contributed by atoms with E-state index < -0.39 is 6.29 Å². The fourth-order valence-corrected chi connectivity index (χ4v) is 6.42. The van der Waals surface area contributed by atoms with Crippen molar-refractivity contribution in [3.63, 3.8) is 0 Å². The van der Waals surface area contributed by atoms with Gasteiger partial charge in [0.05, 0.1) is 43.1 Å². The maximum Gasteiger partial charge on any atom is 0.261 e. The molecule has 8 nitrogen and oxygen atoms in total. The number of rotatable bonds is 9. The Kier molecular flexibility index (Phi) is 8.51. The van der Waals surface area contributed by atoms with Crippen LogP contribution in [0.25, 0.3) is 0 Å². The highest BCUT2D eigenvalue weighted by Crippen LogP contribution is 2.42. The number of nitrogens with zero attached hydrogens (tertiary/aromatic N) is 2. The summed E-state index contributed by atoms with van der Waals surface area (Å²) >= 11 is 0. The molecule has 2 amide bonds. The number of hydrogen-bond donors (Lipinski definition) is 1. The van der Waals surface area contributed by atoms with Crippen molar-refractivity contribution in [3.05, 3.63) is 106 Å². The van der Waals surface area contributed by atoms with Gasteiger partial charge in [0.2, 0.25) is 0 Å². The number of hydrogen-bond acceptors (Lipinski definition) is 7. The third-order valence-electron chi connectivity index (χ3n) is 8.87. The lowest BCUT2D eigenvalue weighted by molar-refractivity contribution is -0.276. The molecule has 0 saturated carbocycles. The Balaban J connectivity index is 1.21.